The predicted molar refractivity (Wildman–Crippen MR) is 69.0 cm³/mol. The van der Waals surface area contributed by atoms with Gasteiger partial charge in [0.25, 0.3) is 5.91 Å². The number of amides is 1. The Bertz CT molecular complexity index is 457. The standard InChI is InChI=1S/C13H15ClFNO3/c14-9-2-1-3-12(4-9)19-8-13(18)16-6-10(15)5-11(16)7-17/h1-4,10-11,17H,5-8H2/t10-,11-/m0/s1. The lowest BCUT2D eigenvalue weighted by Gasteiger charge is -2.22. The Morgan fingerprint density at radius 3 is 3.05 bits per heavy atom. The number of carbonyl (C=O) groups excluding carboxylic acids is 1. The van der Waals surface area contributed by atoms with Gasteiger partial charge in [0.15, 0.2) is 6.61 Å². The third-order valence-electron chi connectivity index (χ3n) is 3.05. The molecule has 1 amide bonds. The number of halogens is 2. The van der Waals surface area contributed by atoms with E-state index >= 15 is 0 Å². The van der Waals surface area contributed by atoms with E-state index in [1.165, 1.54) is 4.90 Å². The number of carbonyl (C=O) groups is 1. The van der Waals surface area contributed by atoms with Gasteiger partial charge < -0.3 is 14.7 Å². The smallest absolute Gasteiger partial charge is 0.260 e. The van der Waals surface area contributed by atoms with E-state index in [1.807, 2.05) is 0 Å². The highest BCUT2D eigenvalue weighted by atomic mass is 35.5. The van der Waals surface area contributed by atoms with Crippen LogP contribution in [-0.4, -0.2) is 47.9 Å². The summed E-state index contributed by atoms with van der Waals surface area (Å²) >= 11 is 5.79. The minimum Gasteiger partial charge on any atom is -0.484 e. The van der Waals surface area contributed by atoms with Crippen LogP contribution < -0.4 is 4.74 Å². The van der Waals surface area contributed by atoms with Crippen molar-refractivity contribution in [3.05, 3.63) is 29.3 Å². The van der Waals surface area contributed by atoms with E-state index in [-0.39, 0.29) is 32.1 Å². The lowest BCUT2D eigenvalue weighted by molar-refractivity contribution is -0.135. The lowest BCUT2D eigenvalue weighted by Crippen LogP contribution is -2.40. The van der Waals surface area contributed by atoms with Gasteiger partial charge in [-0.15, -0.1) is 0 Å². The Hall–Kier alpha value is -1.33. The minimum atomic E-state index is -1.08. The molecule has 104 valence electrons. The molecule has 0 bridgehead atoms. The van der Waals surface area contributed by atoms with Gasteiger partial charge in [0.05, 0.1) is 19.2 Å². The van der Waals surface area contributed by atoms with E-state index < -0.39 is 12.2 Å². The van der Waals surface area contributed by atoms with Crippen molar-refractivity contribution < 1.29 is 19.0 Å². The molecule has 1 fully saturated rings. The summed E-state index contributed by atoms with van der Waals surface area (Å²) in [6.07, 6.45) is -0.897. The van der Waals surface area contributed by atoms with Gasteiger partial charge in [0.2, 0.25) is 0 Å². The molecule has 1 aliphatic rings. The van der Waals surface area contributed by atoms with Crippen molar-refractivity contribution in [3.8, 4) is 5.75 Å². The number of ether oxygens (including phenoxy) is 1. The zero-order valence-corrected chi connectivity index (χ0v) is 11.0. The van der Waals surface area contributed by atoms with Gasteiger partial charge in [-0.25, -0.2) is 4.39 Å². The highest BCUT2D eigenvalue weighted by molar-refractivity contribution is 6.30. The summed E-state index contributed by atoms with van der Waals surface area (Å²) in [4.78, 5) is 13.2. The number of aliphatic hydroxyl groups excluding tert-OH is 1. The first-order valence-corrected chi connectivity index (χ1v) is 6.40. The Labute approximate surface area is 115 Å². The largest absolute Gasteiger partial charge is 0.484 e. The van der Waals surface area contributed by atoms with Crippen LogP contribution in [0.25, 0.3) is 0 Å². The molecule has 1 aliphatic heterocycles. The normalized spacial score (nSPS) is 22.6. The molecule has 2 atom stereocenters. The van der Waals surface area contributed by atoms with Crippen LogP contribution in [0.15, 0.2) is 24.3 Å². The van der Waals surface area contributed by atoms with Crippen molar-refractivity contribution in [3.63, 3.8) is 0 Å². The molecule has 1 heterocycles. The number of likely N-dealkylation sites (tertiary alicyclic amines) is 1. The second-order valence-electron chi connectivity index (χ2n) is 4.46. The number of nitrogens with zero attached hydrogens (tertiary/aromatic N) is 1. The third kappa shape index (κ3) is 3.58. The summed E-state index contributed by atoms with van der Waals surface area (Å²) in [5.74, 6) is 0.150. The molecule has 4 nitrogen and oxygen atoms in total. The van der Waals surface area contributed by atoms with Crippen LogP contribution in [0.1, 0.15) is 6.42 Å². The fraction of sp³-hybridized carbons (Fsp3) is 0.462. The molecule has 2 rings (SSSR count). The first-order valence-electron chi connectivity index (χ1n) is 6.03. The van der Waals surface area contributed by atoms with E-state index in [2.05, 4.69) is 0 Å². The van der Waals surface area contributed by atoms with Gasteiger partial charge in [0.1, 0.15) is 11.9 Å². The molecule has 19 heavy (non-hydrogen) atoms. The maximum atomic E-state index is 13.2. The van der Waals surface area contributed by atoms with Crippen LogP contribution in [0.2, 0.25) is 5.02 Å². The summed E-state index contributed by atoms with van der Waals surface area (Å²) in [5, 5.41) is 9.62. The molecule has 1 N–H and O–H groups in total. The van der Waals surface area contributed by atoms with Crippen LogP contribution in [0.3, 0.4) is 0 Å². The van der Waals surface area contributed by atoms with Gasteiger partial charge in [-0.1, -0.05) is 17.7 Å². The number of rotatable bonds is 4. The Morgan fingerprint density at radius 1 is 1.58 bits per heavy atom. The van der Waals surface area contributed by atoms with Crippen molar-refractivity contribution in [2.75, 3.05) is 19.8 Å². The van der Waals surface area contributed by atoms with Crippen molar-refractivity contribution in [2.45, 2.75) is 18.6 Å². The van der Waals surface area contributed by atoms with Crippen LogP contribution in [0, 0.1) is 0 Å². The number of hydrogen-bond donors (Lipinski definition) is 1. The van der Waals surface area contributed by atoms with Gasteiger partial charge in [-0.3, -0.25) is 4.79 Å². The monoisotopic (exact) mass is 287 g/mol. The molecule has 0 aliphatic carbocycles. The quantitative estimate of drug-likeness (QED) is 0.916. The minimum absolute atomic E-state index is 0.0168. The highest BCUT2D eigenvalue weighted by Gasteiger charge is 2.34. The number of hydrogen-bond acceptors (Lipinski definition) is 3. The summed E-state index contributed by atoms with van der Waals surface area (Å²) in [6.45, 7) is -0.407. The first-order chi connectivity index (χ1) is 9.10. The maximum Gasteiger partial charge on any atom is 0.260 e. The number of alkyl halides is 1. The molecule has 6 heteroatoms. The third-order valence-corrected chi connectivity index (χ3v) is 3.29. The molecule has 0 spiro atoms. The van der Waals surface area contributed by atoms with Gasteiger partial charge in [-0.05, 0) is 18.2 Å². The molecule has 0 unspecified atom stereocenters. The van der Waals surface area contributed by atoms with Gasteiger partial charge >= 0.3 is 0 Å². The lowest BCUT2D eigenvalue weighted by atomic mass is 10.2. The Kier molecular flexibility index (Phi) is 4.61. The summed E-state index contributed by atoms with van der Waals surface area (Å²) in [7, 11) is 0. The van der Waals surface area contributed by atoms with Crippen LogP contribution in [0.5, 0.6) is 5.75 Å². The molecule has 1 aromatic carbocycles. The average Bonchev–Trinajstić information content (AvgIpc) is 2.77. The van der Waals surface area contributed by atoms with Crippen molar-refractivity contribution in [1.82, 2.24) is 4.90 Å². The van der Waals surface area contributed by atoms with E-state index in [0.717, 1.165) is 0 Å². The van der Waals surface area contributed by atoms with Crippen molar-refractivity contribution >= 4 is 17.5 Å². The molecule has 1 aromatic rings. The second-order valence-corrected chi connectivity index (χ2v) is 4.90. The molecular weight excluding hydrogens is 273 g/mol. The highest BCUT2D eigenvalue weighted by Crippen LogP contribution is 2.21. The van der Waals surface area contributed by atoms with E-state index in [0.29, 0.717) is 10.8 Å². The van der Waals surface area contributed by atoms with Crippen molar-refractivity contribution in [2.24, 2.45) is 0 Å². The Balaban J connectivity index is 1.91. The van der Waals surface area contributed by atoms with Crippen LogP contribution in [-0.2, 0) is 4.79 Å². The van der Waals surface area contributed by atoms with Crippen LogP contribution >= 0.6 is 11.6 Å². The zero-order chi connectivity index (χ0) is 13.8. The number of benzene rings is 1. The Morgan fingerprint density at radius 2 is 2.37 bits per heavy atom. The molecule has 0 saturated carbocycles. The zero-order valence-electron chi connectivity index (χ0n) is 10.3. The van der Waals surface area contributed by atoms with E-state index in [9.17, 15) is 9.18 Å². The van der Waals surface area contributed by atoms with Crippen LogP contribution in [0.4, 0.5) is 4.39 Å². The topological polar surface area (TPSA) is 49.8 Å². The summed E-state index contributed by atoms with van der Waals surface area (Å²) < 4.78 is 18.5. The summed E-state index contributed by atoms with van der Waals surface area (Å²) in [6, 6.07) is 6.24. The second kappa shape index (κ2) is 6.21. The fourth-order valence-corrected chi connectivity index (χ4v) is 2.30. The molecule has 1 saturated heterocycles. The molecule has 0 aromatic heterocycles. The maximum absolute atomic E-state index is 13.2. The van der Waals surface area contributed by atoms with Gasteiger partial charge in [-0.2, -0.15) is 0 Å². The SMILES string of the molecule is O=C(COc1cccc(Cl)c1)N1C[C@@H](F)C[C@H]1CO. The predicted octanol–water partition coefficient (Wildman–Crippen LogP) is 1.65. The van der Waals surface area contributed by atoms with E-state index in [4.69, 9.17) is 21.4 Å². The number of aliphatic hydroxyl groups is 1. The summed E-state index contributed by atoms with van der Waals surface area (Å²) in [5.41, 5.74) is 0. The molecule has 0 radical (unpaired) electrons. The van der Waals surface area contributed by atoms with Crippen molar-refractivity contribution in [1.29, 1.82) is 0 Å². The molecular formula is C13H15ClFNO3. The average molecular weight is 288 g/mol. The van der Waals surface area contributed by atoms with Gasteiger partial charge in [0, 0.05) is 11.4 Å². The fourth-order valence-electron chi connectivity index (χ4n) is 2.12. The van der Waals surface area contributed by atoms with E-state index in [1.54, 1.807) is 24.3 Å². The first kappa shape index (κ1) is 14.1.